The van der Waals surface area contributed by atoms with Gasteiger partial charge in [-0.1, -0.05) is 53.0 Å². The number of nitriles is 3. The van der Waals surface area contributed by atoms with E-state index in [0.29, 0.717) is 48.4 Å². The van der Waals surface area contributed by atoms with E-state index in [1.807, 2.05) is 52.0 Å². The summed E-state index contributed by atoms with van der Waals surface area (Å²) >= 11 is 21.1. The van der Waals surface area contributed by atoms with Crippen molar-refractivity contribution in [3.05, 3.63) is 170 Å². The van der Waals surface area contributed by atoms with Crippen molar-refractivity contribution in [2.75, 3.05) is 0 Å². The zero-order chi connectivity index (χ0) is 45.6. The first-order chi connectivity index (χ1) is 29.5. The van der Waals surface area contributed by atoms with Gasteiger partial charge in [0.05, 0.1) is 49.1 Å². The molecule has 7 rings (SSSR count). The minimum absolute atomic E-state index is 0. The van der Waals surface area contributed by atoms with Gasteiger partial charge in [0.2, 0.25) is 0 Å². The van der Waals surface area contributed by atoms with E-state index < -0.39 is 13.2 Å². The molecule has 11 nitrogen and oxygen atoms in total. The molecule has 6 aromatic rings. The number of carbonyl (C=O) groups is 2. The van der Waals surface area contributed by atoms with Crippen LogP contribution in [-0.2, 0) is 9.31 Å². The van der Waals surface area contributed by atoms with E-state index in [1.165, 1.54) is 0 Å². The predicted octanol–water partition coefficient (Wildman–Crippen LogP) is 7.65. The van der Waals surface area contributed by atoms with Gasteiger partial charge in [0.15, 0.2) is 12.6 Å². The van der Waals surface area contributed by atoms with E-state index in [2.05, 4.69) is 30.9 Å². The first-order valence-electron chi connectivity index (χ1n) is 18.5. The predicted molar refractivity (Wildman–Crippen MR) is 256 cm³/mol. The molecule has 3 aromatic carbocycles. The summed E-state index contributed by atoms with van der Waals surface area (Å²) in [6, 6.07) is 26.5. The van der Waals surface area contributed by atoms with E-state index in [9.17, 15) is 14.7 Å². The molecule has 1 aliphatic rings. The summed E-state index contributed by atoms with van der Waals surface area (Å²) < 4.78 is 12.6. The molecule has 0 spiro atoms. The molecule has 1 fully saturated rings. The Hall–Kier alpha value is -4.54. The smallest absolute Gasteiger partial charge is 1.00 e. The van der Waals surface area contributed by atoms with Gasteiger partial charge in [-0.2, -0.15) is 15.8 Å². The summed E-state index contributed by atoms with van der Waals surface area (Å²) in [4.78, 5) is 32.9. The van der Waals surface area contributed by atoms with Crippen molar-refractivity contribution in [2.45, 2.75) is 51.9 Å². The molecule has 0 radical (unpaired) electrons. The average molecular weight is 1070 g/mol. The van der Waals surface area contributed by atoms with Gasteiger partial charge in [0, 0.05) is 63.9 Å². The van der Waals surface area contributed by atoms with Gasteiger partial charge >= 0.3 is 30.2 Å². The van der Waals surface area contributed by atoms with Crippen LogP contribution in [-0.4, -0.2) is 74.0 Å². The van der Waals surface area contributed by atoms with Crippen LogP contribution in [0.15, 0.2) is 114 Å². The van der Waals surface area contributed by atoms with Crippen molar-refractivity contribution in [3.8, 4) is 40.5 Å². The van der Waals surface area contributed by atoms with Gasteiger partial charge in [0.25, 0.3) is 0 Å². The monoisotopic (exact) mass is 1070 g/mol. The quantitative estimate of drug-likeness (QED) is 0.0983. The number of aliphatic hydroxyl groups excluding tert-OH is 1. The number of hydrogen-bond acceptors (Lipinski definition) is 11. The van der Waals surface area contributed by atoms with Crippen LogP contribution in [0, 0.1) is 41.4 Å². The Morgan fingerprint density at radius 3 is 1.51 bits per heavy atom. The average Bonchev–Trinajstić information content (AvgIpc) is 3.49. The molecule has 328 valence electrons. The number of hydrogen-bond donors (Lipinski definition) is 1. The number of benzene rings is 3. The van der Waals surface area contributed by atoms with Crippen LogP contribution < -0.4 is 22.4 Å². The number of carbonyl (C=O) groups excluding carboxylic acids is 2. The minimum atomic E-state index is -0.586. The molecule has 4 heterocycles. The SMILES string of the molecule is CC(O)c1ccncc1-c1ccc(C#N)c(Cl)c1.CC1(C)OB(c2ccc(C#N)c(Cl)c2)OC1(C)C.N#Cc1ccc(-c2cnccc2C=O)cc1Cl.O=Cc1ccncc1Br.[Br-].[CH3-].[Mg+2]. The molecule has 1 unspecified atom stereocenters. The molecule has 0 saturated carbocycles. The molecule has 65 heavy (non-hydrogen) atoms. The maximum absolute atomic E-state index is 10.9. The first-order valence-corrected chi connectivity index (χ1v) is 20.4. The van der Waals surface area contributed by atoms with Gasteiger partial charge in [0.1, 0.15) is 18.2 Å². The van der Waals surface area contributed by atoms with Crippen LogP contribution in [0.25, 0.3) is 22.3 Å². The summed E-state index contributed by atoms with van der Waals surface area (Å²) in [5.41, 5.74) is 6.46. The van der Waals surface area contributed by atoms with Crippen LogP contribution in [0.5, 0.6) is 0 Å². The third-order valence-corrected chi connectivity index (χ3v) is 11.3. The molecule has 18 heteroatoms. The van der Waals surface area contributed by atoms with E-state index in [-0.39, 0.29) is 58.7 Å². The van der Waals surface area contributed by atoms with Gasteiger partial charge in [-0.15, -0.1) is 0 Å². The van der Waals surface area contributed by atoms with Crippen molar-refractivity contribution in [1.29, 1.82) is 15.8 Å². The molecule has 0 bridgehead atoms. The molecule has 0 aliphatic carbocycles. The van der Waals surface area contributed by atoms with Crippen molar-refractivity contribution in [1.82, 2.24) is 15.0 Å². The summed E-state index contributed by atoms with van der Waals surface area (Å²) in [6.07, 6.45) is 10.6. The van der Waals surface area contributed by atoms with Crippen molar-refractivity contribution < 1.29 is 41.0 Å². The second kappa shape index (κ2) is 27.2. The molecule has 3 aromatic heterocycles. The molecule has 1 saturated heterocycles. The van der Waals surface area contributed by atoms with Crippen molar-refractivity contribution in [3.63, 3.8) is 0 Å². The van der Waals surface area contributed by atoms with E-state index >= 15 is 0 Å². The molecule has 1 atom stereocenters. The van der Waals surface area contributed by atoms with Gasteiger partial charge in [-0.3, -0.25) is 24.5 Å². The maximum atomic E-state index is 10.9. The van der Waals surface area contributed by atoms with E-state index in [4.69, 9.17) is 59.9 Å². The number of nitrogens with zero attached hydrogens (tertiary/aromatic N) is 6. The van der Waals surface area contributed by atoms with Crippen LogP contribution in [0.4, 0.5) is 0 Å². The Balaban J connectivity index is 0.000000437. The molecule has 1 N–H and O–H groups in total. The fourth-order valence-electron chi connectivity index (χ4n) is 5.54. The Morgan fingerprint density at radius 2 is 1.09 bits per heavy atom. The van der Waals surface area contributed by atoms with Gasteiger partial charge < -0.3 is 38.8 Å². The molecule has 0 amide bonds. The van der Waals surface area contributed by atoms with Crippen LogP contribution >= 0.6 is 50.7 Å². The number of aldehydes is 2. The van der Waals surface area contributed by atoms with Crippen molar-refractivity contribution >= 4 is 98.9 Å². The Bertz CT molecular complexity index is 2700. The fraction of sp³-hybridized carbons (Fsp3) is 0.170. The minimum Gasteiger partial charge on any atom is -1.00 e. The third kappa shape index (κ3) is 15.5. The third-order valence-electron chi connectivity index (χ3n) is 9.66. The Kier molecular flexibility index (Phi) is 24.5. The molecule has 1 aliphatic heterocycles. The van der Waals surface area contributed by atoms with E-state index in [1.54, 1.807) is 111 Å². The van der Waals surface area contributed by atoms with Crippen LogP contribution in [0.1, 0.15) is 83.7 Å². The second-order valence-corrected chi connectivity index (χ2v) is 16.4. The summed E-state index contributed by atoms with van der Waals surface area (Å²) in [5, 5.41) is 37.4. The number of halogens is 5. The maximum Gasteiger partial charge on any atom is 2.00 e. The summed E-state index contributed by atoms with van der Waals surface area (Å²) in [6.45, 7) is 9.69. The Labute approximate surface area is 429 Å². The van der Waals surface area contributed by atoms with Gasteiger partial charge in [-0.05, 0) is 127 Å². The fourth-order valence-corrected chi connectivity index (χ4v) is 6.56. The number of pyridine rings is 3. The van der Waals surface area contributed by atoms with E-state index in [0.717, 1.165) is 44.8 Å². The van der Waals surface area contributed by atoms with Crippen LogP contribution in [0.2, 0.25) is 15.1 Å². The Morgan fingerprint density at radius 1 is 0.677 bits per heavy atom. The first kappa shape index (κ1) is 58.5. The zero-order valence-electron chi connectivity index (χ0n) is 36.1. The van der Waals surface area contributed by atoms with Crippen molar-refractivity contribution in [2.24, 2.45) is 0 Å². The topological polar surface area (TPSA) is 183 Å². The number of aromatic nitrogens is 3. The van der Waals surface area contributed by atoms with Gasteiger partial charge in [-0.25, -0.2) is 0 Å². The normalized spacial score (nSPS) is 12.8. The largest absolute Gasteiger partial charge is 2.00 e. The second-order valence-electron chi connectivity index (χ2n) is 14.3. The molecular weight excluding hydrogens is 1030 g/mol. The molecular formula is C47H40BBr2Cl3MgN6O5. The van der Waals surface area contributed by atoms with Crippen LogP contribution in [0.3, 0.4) is 0 Å². The number of aliphatic hydroxyl groups is 1. The summed E-state index contributed by atoms with van der Waals surface area (Å²) in [7, 11) is -0.444. The number of rotatable bonds is 6. The zero-order valence-corrected chi connectivity index (χ0v) is 42.9. The summed E-state index contributed by atoms with van der Waals surface area (Å²) in [5.74, 6) is 0. The standard InChI is InChI=1S/C14H11ClN2O.C13H15BClNO2.C13H7ClN2O.C6H4BrNO.CH3.BrH.Mg/c1-9(18)12-4-5-17-8-13(12)10-2-3-11(7-16)14(15)6-10;1-12(2)13(3,4)18-14(17-12)10-6-5-9(8-16)11(15)7-10;14-13-5-9(1-2-10(13)6-15)12-7-16-4-3-11(12)8-17;7-6-3-8-2-1-5(6)4-9;;;/h2-6,8-9,18H,1H3;5-7H,1-4H3;1-5,7-8H;1-4H;1H3;1H;/q;;;;-1;;+2/p-1.